The first-order valence-corrected chi connectivity index (χ1v) is 5.55. The summed E-state index contributed by atoms with van der Waals surface area (Å²) >= 11 is 3.32. The van der Waals surface area contributed by atoms with Gasteiger partial charge in [-0.3, -0.25) is 0 Å². The van der Waals surface area contributed by atoms with Crippen molar-refractivity contribution < 1.29 is 15.0 Å². The average Bonchev–Trinajstić information content (AvgIpc) is 2.17. The largest absolute Gasteiger partial charge is 0.479 e. The van der Waals surface area contributed by atoms with Crippen LogP contribution in [-0.4, -0.2) is 35.4 Å². The topological polar surface area (TPSA) is 60.8 Å². The molecule has 0 aliphatic heterocycles. The number of aliphatic hydroxyl groups is 1. The Bertz CT molecular complexity index is 375. The van der Waals surface area contributed by atoms with Crippen molar-refractivity contribution in [3.63, 3.8) is 0 Å². The minimum absolute atomic E-state index is 0.0317. The van der Waals surface area contributed by atoms with Crippen LogP contribution in [0.3, 0.4) is 0 Å². The van der Waals surface area contributed by atoms with E-state index in [4.69, 9.17) is 5.11 Å². The van der Waals surface area contributed by atoms with Gasteiger partial charge in [0.05, 0.1) is 6.54 Å². The van der Waals surface area contributed by atoms with E-state index in [1.165, 1.54) is 6.92 Å². The van der Waals surface area contributed by atoms with Crippen molar-refractivity contribution in [2.24, 2.45) is 0 Å². The summed E-state index contributed by atoms with van der Waals surface area (Å²) in [5.74, 6) is -1.23. The number of halogens is 1. The maximum Gasteiger partial charge on any atom is 0.337 e. The number of likely N-dealkylation sites (N-methyl/N-ethyl adjacent to an activating group) is 1. The molecule has 0 amide bonds. The van der Waals surface area contributed by atoms with Crippen LogP contribution in [0.15, 0.2) is 28.7 Å². The van der Waals surface area contributed by atoms with Crippen LogP contribution in [0, 0.1) is 0 Å². The fraction of sp³-hybridized carbons (Fsp3) is 0.364. The minimum Gasteiger partial charge on any atom is -0.479 e. The molecule has 16 heavy (non-hydrogen) atoms. The lowest BCUT2D eigenvalue weighted by molar-refractivity contribution is -0.155. The van der Waals surface area contributed by atoms with E-state index in [1.807, 2.05) is 24.3 Å². The number of carbonyl (C=O) groups is 1. The van der Waals surface area contributed by atoms with E-state index in [2.05, 4.69) is 15.9 Å². The molecule has 88 valence electrons. The maximum absolute atomic E-state index is 10.8. The molecule has 1 aromatic rings. The van der Waals surface area contributed by atoms with Crippen LogP contribution in [0.4, 0.5) is 5.69 Å². The van der Waals surface area contributed by atoms with Gasteiger partial charge in [0.25, 0.3) is 0 Å². The minimum atomic E-state index is -1.75. The summed E-state index contributed by atoms with van der Waals surface area (Å²) < 4.78 is 0.953. The first-order chi connectivity index (χ1) is 7.33. The lowest BCUT2D eigenvalue weighted by atomic mass is 10.1. The third-order valence-electron chi connectivity index (χ3n) is 2.27. The van der Waals surface area contributed by atoms with E-state index < -0.39 is 11.6 Å². The Labute approximate surface area is 103 Å². The summed E-state index contributed by atoms with van der Waals surface area (Å²) in [6.07, 6.45) is 0. The van der Waals surface area contributed by atoms with Crippen molar-refractivity contribution in [2.75, 3.05) is 18.5 Å². The Hall–Kier alpha value is -1.07. The molecule has 0 heterocycles. The summed E-state index contributed by atoms with van der Waals surface area (Å²) in [4.78, 5) is 12.5. The highest BCUT2D eigenvalue weighted by atomic mass is 79.9. The Balaban J connectivity index is 2.76. The molecule has 4 nitrogen and oxygen atoms in total. The number of nitrogens with zero attached hydrogens (tertiary/aromatic N) is 1. The lowest BCUT2D eigenvalue weighted by Crippen LogP contribution is -2.45. The van der Waals surface area contributed by atoms with Gasteiger partial charge in [0.2, 0.25) is 0 Å². The number of rotatable bonds is 4. The van der Waals surface area contributed by atoms with Gasteiger partial charge in [-0.2, -0.15) is 0 Å². The molecule has 1 unspecified atom stereocenters. The molecule has 5 heteroatoms. The molecule has 2 N–H and O–H groups in total. The van der Waals surface area contributed by atoms with E-state index in [0.29, 0.717) is 0 Å². The monoisotopic (exact) mass is 287 g/mol. The van der Waals surface area contributed by atoms with Crippen LogP contribution in [0.1, 0.15) is 6.92 Å². The molecule has 0 bridgehead atoms. The van der Waals surface area contributed by atoms with Gasteiger partial charge in [-0.25, -0.2) is 4.79 Å². The second-order valence-corrected chi connectivity index (χ2v) is 4.83. The molecular weight excluding hydrogens is 274 g/mol. The van der Waals surface area contributed by atoms with Gasteiger partial charge >= 0.3 is 5.97 Å². The molecule has 0 saturated carbocycles. The number of carboxylic acid groups (broad SMARTS) is 1. The lowest BCUT2D eigenvalue weighted by Gasteiger charge is -2.27. The van der Waals surface area contributed by atoms with Gasteiger partial charge in [0, 0.05) is 17.2 Å². The SMILES string of the molecule is CN(CC(C)(O)C(=O)O)c1ccc(Br)cc1. The predicted octanol–water partition coefficient (Wildman–Crippen LogP) is 1.72. The van der Waals surface area contributed by atoms with Crippen molar-refractivity contribution >= 4 is 27.6 Å². The molecule has 0 saturated heterocycles. The zero-order valence-electron chi connectivity index (χ0n) is 9.14. The first kappa shape index (κ1) is 13.0. The summed E-state index contributed by atoms with van der Waals surface area (Å²) in [6, 6.07) is 7.42. The van der Waals surface area contributed by atoms with E-state index in [9.17, 15) is 9.90 Å². The molecule has 0 aliphatic carbocycles. The number of carboxylic acids is 1. The zero-order valence-corrected chi connectivity index (χ0v) is 10.7. The molecule has 0 aromatic heterocycles. The number of benzene rings is 1. The smallest absolute Gasteiger partial charge is 0.337 e. The van der Waals surface area contributed by atoms with Gasteiger partial charge in [-0.05, 0) is 31.2 Å². The van der Waals surface area contributed by atoms with Crippen molar-refractivity contribution in [1.82, 2.24) is 0 Å². The molecule has 0 spiro atoms. The molecule has 1 aromatic carbocycles. The second-order valence-electron chi connectivity index (χ2n) is 3.91. The molecule has 0 fully saturated rings. The van der Waals surface area contributed by atoms with Crippen LogP contribution in [0.5, 0.6) is 0 Å². The first-order valence-electron chi connectivity index (χ1n) is 4.75. The molecule has 1 atom stereocenters. The van der Waals surface area contributed by atoms with Crippen LogP contribution >= 0.6 is 15.9 Å². The van der Waals surface area contributed by atoms with Crippen molar-refractivity contribution in [3.8, 4) is 0 Å². The third kappa shape index (κ3) is 3.21. The summed E-state index contributed by atoms with van der Waals surface area (Å²) in [5.41, 5.74) is -0.897. The highest BCUT2D eigenvalue weighted by molar-refractivity contribution is 9.10. The summed E-state index contributed by atoms with van der Waals surface area (Å²) in [5, 5.41) is 18.4. The van der Waals surface area contributed by atoms with Gasteiger partial charge in [0.1, 0.15) is 0 Å². The molecular formula is C11H14BrNO3. The maximum atomic E-state index is 10.8. The van der Waals surface area contributed by atoms with E-state index >= 15 is 0 Å². The Morgan fingerprint density at radius 1 is 1.44 bits per heavy atom. The van der Waals surface area contributed by atoms with Gasteiger partial charge in [0.15, 0.2) is 5.60 Å². The Morgan fingerprint density at radius 2 is 1.94 bits per heavy atom. The molecule has 0 aliphatic rings. The van der Waals surface area contributed by atoms with Gasteiger partial charge in [-0.1, -0.05) is 15.9 Å². The van der Waals surface area contributed by atoms with Crippen molar-refractivity contribution in [1.29, 1.82) is 0 Å². The van der Waals surface area contributed by atoms with Gasteiger partial charge < -0.3 is 15.1 Å². The van der Waals surface area contributed by atoms with Gasteiger partial charge in [-0.15, -0.1) is 0 Å². The number of hydrogen-bond donors (Lipinski definition) is 2. The second kappa shape index (κ2) is 4.84. The van der Waals surface area contributed by atoms with Crippen LogP contribution in [0.2, 0.25) is 0 Å². The Kier molecular flexibility index (Phi) is 3.93. The number of anilines is 1. The number of hydrogen-bond acceptors (Lipinski definition) is 3. The average molecular weight is 288 g/mol. The predicted molar refractivity (Wildman–Crippen MR) is 65.7 cm³/mol. The summed E-state index contributed by atoms with van der Waals surface area (Å²) in [7, 11) is 1.74. The highest BCUT2D eigenvalue weighted by Gasteiger charge is 2.31. The summed E-state index contributed by atoms with van der Waals surface area (Å²) in [6.45, 7) is 1.31. The quantitative estimate of drug-likeness (QED) is 0.885. The van der Waals surface area contributed by atoms with Crippen LogP contribution in [-0.2, 0) is 4.79 Å². The Morgan fingerprint density at radius 3 is 2.38 bits per heavy atom. The fourth-order valence-corrected chi connectivity index (χ4v) is 1.58. The number of aliphatic carboxylic acids is 1. The standard InChI is InChI=1S/C11H14BrNO3/c1-11(16,10(14)15)7-13(2)9-5-3-8(12)4-6-9/h3-6,16H,7H2,1-2H3,(H,14,15). The zero-order chi connectivity index (χ0) is 12.3. The molecule has 1 rings (SSSR count). The third-order valence-corrected chi connectivity index (χ3v) is 2.80. The van der Waals surface area contributed by atoms with E-state index in [0.717, 1.165) is 10.2 Å². The van der Waals surface area contributed by atoms with Crippen LogP contribution < -0.4 is 4.90 Å². The normalized spacial score (nSPS) is 14.2. The van der Waals surface area contributed by atoms with Crippen molar-refractivity contribution in [2.45, 2.75) is 12.5 Å². The fourth-order valence-electron chi connectivity index (χ4n) is 1.32. The van der Waals surface area contributed by atoms with Crippen LogP contribution in [0.25, 0.3) is 0 Å². The van der Waals surface area contributed by atoms with Crippen molar-refractivity contribution in [3.05, 3.63) is 28.7 Å². The molecule has 0 radical (unpaired) electrons. The highest BCUT2D eigenvalue weighted by Crippen LogP contribution is 2.19. The van der Waals surface area contributed by atoms with E-state index in [-0.39, 0.29) is 6.54 Å². The van der Waals surface area contributed by atoms with E-state index in [1.54, 1.807) is 11.9 Å².